The summed E-state index contributed by atoms with van der Waals surface area (Å²) in [4.78, 5) is 26.7. The summed E-state index contributed by atoms with van der Waals surface area (Å²) in [5.74, 6) is 0.532. The molecule has 0 unspecified atom stereocenters. The highest BCUT2D eigenvalue weighted by atomic mass is 32.2. The van der Waals surface area contributed by atoms with Crippen molar-refractivity contribution in [3.63, 3.8) is 0 Å². The Morgan fingerprint density at radius 3 is 2.45 bits per heavy atom. The maximum Gasteiger partial charge on any atom is 0.232 e. The van der Waals surface area contributed by atoms with E-state index in [2.05, 4.69) is 11.4 Å². The highest BCUT2D eigenvalue weighted by Gasteiger charge is 2.30. The molecule has 0 radical (unpaired) electrons. The summed E-state index contributed by atoms with van der Waals surface area (Å²) in [6, 6.07) is 9.74. The van der Waals surface area contributed by atoms with Crippen LogP contribution >= 0.6 is 11.8 Å². The van der Waals surface area contributed by atoms with E-state index in [1.54, 1.807) is 0 Å². The highest BCUT2D eigenvalue weighted by molar-refractivity contribution is 8.03. The molecule has 1 aromatic rings. The fourth-order valence-electron chi connectivity index (χ4n) is 3.31. The number of carbonyl (C=O) groups excluding carboxylic acids is 2. The topological polar surface area (TPSA) is 82.4 Å². The second-order valence-corrected chi connectivity index (χ2v) is 7.82. The first-order valence-corrected chi connectivity index (χ1v) is 11.1. The average Bonchev–Trinajstić information content (AvgIpc) is 2.72. The van der Waals surface area contributed by atoms with Gasteiger partial charge in [0, 0.05) is 25.4 Å². The lowest BCUT2D eigenvalue weighted by Gasteiger charge is -2.26. The van der Waals surface area contributed by atoms with Crippen molar-refractivity contribution in [3.8, 4) is 11.8 Å². The van der Waals surface area contributed by atoms with Gasteiger partial charge in [-0.15, -0.1) is 0 Å². The Kier molecular flexibility index (Phi) is 9.07. The minimum Gasteiger partial charge on any atom is -0.494 e. The Morgan fingerprint density at radius 2 is 1.90 bits per heavy atom. The zero-order chi connectivity index (χ0) is 21.2. The van der Waals surface area contributed by atoms with Crippen molar-refractivity contribution in [2.45, 2.75) is 46.0 Å². The Balaban J connectivity index is 2.19. The molecule has 0 spiro atoms. The Hall–Kier alpha value is -2.46. The van der Waals surface area contributed by atoms with Crippen LogP contribution in [-0.2, 0) is 9.59 Å². The molecular weight excluding hydrogens is 386 g/mol. The third-order valence-electron chi connectivity index (χ3n) is 4.63. The van der Waals surface area contributed by atoms with Gasteiger partial charge in [0.15, 0.2) is 0 Å². The number of rotatable bonds is 10. The second kappa shape index (κ2) is 11.5. The molecule has 0 saturated carbocycles. The SMILES string of the molecule is CCCN(CCC)C(=O)CSC1=C(C#N)[C@H](c2ccc(OCC)cc2)CC(=O)N1. The zero-order valence-electron chi connectivity index (χ0n) is 17.4. The molecule has 0 fully saturated rings. The van der Waals surface area contributed by atoms with Gasteiger partial charge in [-0.3, -0.25) is 9.59 Å². The van der Waals surface area contributed by atoms with E-state index in [-0.39, 0.29) is 29.9 Å². The van der Waals surface area contributed by atoms with Crippen molar-refractivity contribution < 1.29 is 14.3 Å². The lowest BCUT2D eigenvalue weighted by Crippen LogP contribution is -2.35. The minimum atomic E-state index is -0.315. The van der Waals surface area contributed by atoms with Crippen LogP contribution in [0.1, 0.15) is 51.5 Å². The van der Waals surface area contributed by atoms with Crippen molar-refractivity contribution in [2.75, 3.05) is 25.4 Å². The molecule has 0 aliphatic carbocycles. The predicted octanol–water partition coefficient (Wildman–Crippen LogP) is 3.81. The third-order valence-corrected chi connectivity index (χ3v) is 5.63. The number of nitrogens with one attached hydrogen (secondary N) is 1. The molecule has 2 amide bonds. The molecule has 156 valence electrons. The van der Waals surface area contributed by atoms with Gasteiger partial charge in [0.05, 0.1) is 29.0 Å². The number of carbonyl (C=O) groups is 2. The number of hydrogen-bond donors (Lipinski definition) is 1. The van der Waals surface area contributed by atoms with Gasteiger partial charge in [-0.2, -0.15) is 5.26 Å². The molecule has 1 heterocycles. The Bertz CT molecular complexity index is 777. The Labute approximate surface area is 177 Å². The predicted molar refractivity (Wildman–Crippen MR) is 115 cm³/mol. The van der Waals surface area contributed by atoms with Crippen LogP contribution in [0.15, 0.2) is 34.9 Å². The lowest BCUT2D eigenvalue weighted by atomic mass is 9.87. The maximum absolute atomic E-state index is 12.6. The molecule has 2 rings (SSSR count). The van der Waals surface area contributed by atoms with Crippen LogP contribution in [0.3, 0.4) is 0 Å². The van der Waals surface area contributed by atoms with Crippen LogP contribution in [0.5, 0.6) is 5.75 Å². The standard InChI is InChI=1S/C22H29N3O3S/c1-4-11-25(12-5-2)21(27)15-29-22-19(14-23)18(13-20(26)24-22)16-7-9-17(10-8-16)28-6-3/h7-10,18H,4-6,11-13,15H2,1-3H3,(H,24,26)/t18-/m0/s1. The summed E-state index contributed by atoms with van der Waals surface area (Å²) < 4.78 is 5.47. The third kappa shape index (κ3) is 6.26. The smallest absolute Gasteiger partial charge is 0.232 e. The largest absolute Gasteiger partial charge is 0.494 e. The molecule has 0 aromatic heterocycles. The van der Waals surface area contributed by atoms with E-state index in [9.17, 15) is 14.9 Å². The summed E-state index contributed by atoms with van der Waals surface area (Å²) in [6.07, 6.45) is 2.02. The van der Waals surface area contributed by atoms with E-state index < -0.39 is 0 Å². The van der Waals surface area contributed by atoms with Gasteiger partial charge in [0.25, 0.3) is 0 Å². The molecule has 1 aliphatic heterocycles. The Morgan fingerprint density at radius 1 is 1.24 bits per heavy atom. The summed E-state index contributed by atoms with van der Waals surface area (Å²) >= 11 is 1.24. The van der Waals surface area contributed by atoms with Gasteiger partial charge in [-0.05, 0) is 37.5 Å². The van der Waals surface area contributed by atoms with Crippen molar-refractivity contribution in [1.82, 2.24) is 10.2 Å². The fourth-order valence-corrected chi connectivity index (χ4v) is 4.29. The van der Waals surface area contributed by atoms with Gasteiger partial charge in [0.2, 0.25) is 11.8 Å². The molecule has 0 bridgehead atoms. The quantitative estimate of drug-likeness (QED) is 0.628. The van der Waals surface area contributed by atoms with E-state index in [4.69, 9.17) is 4.74 Å². The van der Waals surface area contributed by atoms with Gasteiger partial charge in [0.1, 0.15) is 5.75 Å². The van der Waals surface area contributed by atoms with Crippen LogP contribution in [0.25, 0.3) is 0 Å². The molecule has 6 nitrogen and oxygen atoms in total. The minimum absolute atomic E-state index is 0.0286. The summed E-state index contributed by atoms with van der Waals surface area (Å²) in [7, 11) is 0. The number of nitrogens with zero attached hydrogens (tertiary/aromatic N) is 2. The van der Waals surface area contributed by atoms with Gasteiger partial charge < -0.3 is 15.0 Å². The molecular formula is C22H29N3O3S. The van der Waals surface area contributed by atoms with Crippen molar-refractivity contribution in [3.05, 3.63) is 40.4 Å². The van der Waals surface area contributed by atoms with E-state index in [0.29, 0.717) is 17.2 Å². The molecule has 29 heavy (non-hydrogen) atoms. The molecule has 1 atom stereocenters. The van der Waals surface area contributed by atoms with Gasteiger partial charge >= 0.3 is 0 Å². The van der Waals surface area contributed by atoms with Crippen molar-refractivity contribution >= 4 is 23.6 Å². The van der Waals surface area contributed by atoms with Crippen LogP contribution in [0.4, 0.5) is 0 Å². The van der Waals surface area contributed by atoms with E-state index in [1.165, 1.54) is 11.8 Å². The monoisotopic (exact) mass is 415 g/mol. The van der Waals surface area contributed by atoms with Crippen molar-refractivity contribution in [1.29, 1.82) is 5.26 Å². The lowest BCUT2D eigenvalue weighted by molar-refractivity contribution is -0.128. The maximum atomic E-state index is 12.6. The van der Waals surface area contributed by atoms with Gasteiger partial charge in [-0.25, -0.2) is 0 Å². The molecule has 1 aromatic carbocycles. The first kappa shape index (κ1) is 22.8. The number of amides is 2. The van der Waals surface area contributed by atoms with Crippen LogP contribution in [-0.4, -0.2) is 42.2 Å². The van der Waals surface area contributed by atoms with E-state index in [0.717, 1.165) is 37.2 Å². The number of hydrogen-bond acceptors (Lipinski definition) is 5. The second-order valence-electron chi connectivity index (χ2n) is 6.83. The average molecular weight is 416 g/mol. The number of ether oxygens (including phenoxy) is 1. The van der Waals surface area contributed by atoms with E-state index in [1.807, 2.05) is 49.9 Å². The van der Waals surface area contributed by atoms with Crippen LogP contribution in [0.2, 0.25) is 0 Å². The fraction of sp³-hybridized carbons (Fsp3) is 0.500. The first-order chi connectivity index (χ1) is 14.0. The van der Waals surface area contributed by atoms with Crippen LogP contribution < -0.4 is 10.1 Å². The summed E-state index contributed by atoms with van der Waals surface area (Å²) in [6.45, 7) is 8.03. The zero-order valence-corrected chi connectivity index (χ0v) is 18.2. The number of allylic oxidation sites excluding steroid dienone is 1. The van der Waals surface area contributed by atoms with Crippen LogP contribution in [0, 0.1) is 11.3 Å². The van der Waals surface area contributed by atoms with Gasteiger partial charge in [-0.1, -0.05) is 37.7 Å². The normalized spacial score (nSPS) is 16.2. The first-order valence-electron chi connectivity index (χ1n) is 10.1. The summed E-state index contributed by atoms with van der Waals surface area (Å²) in [5, 5.41) is 13.1. The molecule has 1 N–H and O–H groups in total. The number of benzene rings is 1. The van der Waals surface area contributed by atoms with E-state index >= 15 is 0 Å². The molecule has 7 heteroatoms. The number of nitriles is 1. The summed E-state index contributed by atoms with van der Waals surface area (Å²) in [5.41, 5.74) is 1.40. The van der Waals surface area contributed by atoms with Crippen molar-refractivity contribution in [2.24, 2.45) is 0 Å². The molecule has 0 saturated heterocycles. The highest BCUT2D eigenvalue weighted by Crippen LogP contribution is 2.36. The number of thioether (sulfide) groups is 1. The molecule has 1 aliphatic rings.